The monoisotopic (exact) mass is 335 g/mol. The van der Waals surface area contributed by atoms with Gasteiger partial charge in [-0.3, -0.25) is 4.79 Å². The molecule has 2 aromatic rings. The summed E-state index contributed by atoms with van der Waals surface area (Å²) in [6.07, 6.45) is 1.46. The van der Waals surface area contributed by atoms with Gasteiger partial charge in [0.25, 0.3) is 5.91 Å². The lowest BCUT2D eigenvalue weighted by Gasteiger charge is -2.07. The summed E-state index contributed by atoms with van der Waals surface area (Å²) >= 11 is 9.03. The number of amides is 1. The molecule has 0 aliphatic carbocycles. The van der Waals surface area contributed by atoms with Crippen LogP contribution in [0.15, 0.2) is 41.0 Å². The van der Waals surface area contributed by atoms with E-state index in [-0.39, 0.29) is 11.1 Å². The molecule has 0 aliphatic heterocycles. The third-order valence-electron chi connectivity index (χ3n) is 2.34. The van der Waals surface area contributed by atoms with Crippen molar-refractivity contribution >= 4 is 39.1 Å². The average molecular weight is 337 g/mol. The number of pyridine rings is 1. The van der Waals surface area contributed by atoms with Crippen molar-refractivity contribution in [2.45, 2.75) is 0 Å². The van der Waals surface area contributed by atoms with Gasteiger partial charge in [0.2, 0.25) is 0 Å². The zero-order valence-electron chi connectivity index (χ0n) is 9.52. The van der Waals surface area contributed by atoms with Gasteiger partial charge in [-0.2, -0.15) is 5.26 Å². The smallest absolute Gasteiger partial charge is 0.255 e. The molecule has 0 spiro atoms. The van der Waals surface area contributed by atoms with Crippen molar-refractivity contribution in [3.05, 3.63) is 57.3 Å². The zero-order valence-corrected chi connectivity index (χ0v) is 11.9. The van der Waals surface area contributed by atoms with E-state index < -0.39 is 0 Å². The summed E-state index contributed by atoms with van der Waals surface area (Å²) in [6, 6.07) is 9.98. The maximum absolute atomic E-state index is 12.0. The quantitative estimate of drug-likeness (QED) is 0.852. The Morgan fingerprint density at radius 1 is 1.37 bits per heavy atom. The predicted octanol–water partition coefficient (Wildman–Crippen LogP) is 3.62. The van der Waals surface area contributed by atoms with Crippen LogP contribution in [-0.4, -0.2) is 10.9 Å². The molecule has 6 heteroatoms. The largest absolute Gasteiger partial charge is 0.321 e. The second kappa shape index (κ2) is 5.83. The Morgan fingerprint density at radius 3 is 2.79 bits per heavy atom. The molecule has 1 aromatic heterocycles. The van der Waals surface area contributed by atoms with E-state index in [1.807, 2.05) is 6.07 Å². The average Bonchev–Trinajstić information content (AvgIpc) is 2.41. The molecule has 0 fully saturated rings. The van der Waals surface area contributed by atoms with Crippen LogP contribution in [0.4, 0.5) is 5.69 Å². The molecule has 0 saturated carbocycles. The number of carbonyl (C=O) groups excluding carboxylic acids is 1. The van der Waals surface area contributed by atoms with E-state index in [2.05, 4.69) is 26.2 Å². The minimum atomic E-state index is -0.297. The van der Waals surface area contributed by atoms with Crippen LogP contribution < -0.4 is 5.32 Å². The summed E-state index contributed by atoms with van der Waals surface area (Å²) in [5.41, 5.74) is 1.50. The fourth-order valence-corrected chi connectivity index (χ4v) is 2.08. The highest BCUT2D eigenvalue weighted by molar-refractivity contribution is 9.10. The lowest BCUT2D eigenvalue weighted by molar-refractivity contribution is 0.102. The van der Waals surface area contributed by atoms with Crippen molar-refractivity contribution in [2.75, 3.05) is 5.32 Å². The number of nitriles is 1. The highest BCUT2D eigenvalue weighted by Crippen LogP contribution is 2.24. The Balaban J connectivity index is 2.22. The fraction of sp³-hybridized carbons (Fsp3) is 0. The van der Waals surface area contributed by atoms with Gasteiger partial charge in [-0.1, -0.05) is 11.6 Å². The van der Waals surface area contributed by atoms with Gasteiger partial charge in [-0.25, -0.2) is 4.98 Å². The fourth-order valence-electron chi connectivity index (χ4n) is 1.42. The third-order valence-corrected chi connectivity index (χ3v) is 3.20. The summed E-state index contributed by atoms with van der Waals surface area (Å²) < 4.78 is 0.639. The lowest BCUT2D eigenvalue weighted by Crippen LogP contribution is -2.12. The molecule has 1 amide bonds. The number of hydrogen-bond acceptors (Lipinski definition) is 3. The second-order valence-electron chi connectivity index (χ2n) is 3.63. The first-order valence-corrected chi connectivity index (χ1v) is 6.40. The van der Waals surface area contributed by atoms with Gasteiger partial charge in [0.15, 0.2) is 0 Å². The van der Waals surface area contributed by atoms with Crippen LogP contribution in [0.3, 0.4) is 0 Å². The van der Waals surface area contributed by atoms with Gasteiger partial charge in [-0.05, 0) is 46.3 Å². The molecule has 94 valence electrons. The molecule has 1 aromatic carbocycles. The summed E-state index contributed by atoms with van der Waals surface area (Å²) in [7, 11) is 0. The van der Waals surface area contributed by atoms with E-state index >= 15 is 0 Å². The summed E-state index contributed by atoms with van der Waals surface area (Å²) in [4.78, 5) is 15.8. The maximum Gasteiger partial charge on any atom is 0.255 e. The Bertz CT molecular complexity index is 682. The van der Waals surface area contributed by atoms with Crippen molar-refractivity contribution in [1.29, 1.82) is 5.26 Å². The number of halogens is 2. The van der Waals surface area contributed by atoms with Crippen molar-refractivity contribution in [3.8, 4) is 6.07 Å². The van der Waals surface area contributed by atoms with Crippen LogP contribution in [0, 0.1) is 11.3 Å². The standard InChI is InChI=1S/C13H7BrClN3O/c14-10-5-8(7-16)1-2-11(10)18-13(19)9-3-4-17-12(15)6-9/h1-6H,(H,18,19). The topological polar surface area (TPSA) is 65.8 Å². The van der Waals surface area contributed by atoms with Crippen LogP contribution >= 0.6 is 27.5 Å². The normalized spacial score (nSPS) is 9.74. The predicted molar refractivity (Wildman–Crippen MR) is 76.1 cm³/mol. The molecular formula is C13H7BrClN3O. The van der Waals surface area contributed by atoms with Gasteiger partial charge >= 0.3 is 0 Å². The van der Waals surface area contributed by atoms with Crippen LogP contribution in [0.1, 0.15) is 15.9 Å². The molecule has 1 N–H and O–H groups in total. The van der Waals surface area contributed by atoms with Crippen molar-refractivity contribution in [1.82, 2.24) is 4.98 Å². The molecule has 4 nitrogen and oxygen atoms in total. The van der Waals surface area contributed by atoms with Crippen LogP contribution in [-0.2, 0) is 0 Å². The summed E-state index contributed by atoms with van der Waals surface area (Å²) in [6.45, 7) is 0. The highest BCUT2D eigenvalue weighted by atomic mass is 79.9. The summed E-state index contributed by atoms with van der Waals surface area (Å²) in [5, 5.41) is 11.7. The number of carbonyl (C=O) groups is 1. The Kier molecular flexibility index (Phi) is 4.15. The number of anilines is 1. The lowest BCUT2D eigenvalue weighted by atomic mass is 10.2. The van der Waals surface area contributed by atoms with Gasteiger partial charge in [0, 0.05) is 16.2 Å². The summed E-state index contributed by atoms with van der Waals surface area (Å²) in [5.74, 6) is -0.297. The number of nitrogens with zero attached hydrogens (tertiary/aromatic N) is 2. The van der Waals surface area contributed by atoms with E-state index in [1.54, 1.807) is 24.3 Å². The minimum Gasteiger partial charge on any atom is -0.321 e. The molecule has 0 saturated heterocycles. The van der Waals surface area contributed by atoms with Crippen molar-refractivity contribution < 1.29 is 4.79 Å². The number of hydrogen-bond donors (Lipinski definition) is 1. The number of benzene rings is 1. The number of aromatic nitrogens is 1. The second-order valence-corrected chi connectivity index (χ2v) is 4.87. The molecule has 0 atom stereocenters. The number of nitrogens with one attached hydrogen (secondary N) is 1. The number of rotatable bonds is 2. The van der Waals surface area contributed by atoms with E-state index in [9.17, 15) is 4.79 Å². The van der Waals surface area contributed by atoms with Gasteiger partial charge in [0.1, 0.15) is 5.15 Å². The molecule has 0 radical (unpaired) electrons. The Morgan fingerprint density at radius 2 is 2.16 bits per heavy atom. The Hall–Kier alpha value is -1.90. The molecule has 2 rings (SSSR count). The first kappa shape index (κ1) is 13.5. The molecule has 1 heterocycles. The van der Waals surface area contributed by atoms with Gasteiger partial charge in [0.05, 0.1) is 17.3 Å². The highest BCUT2D eigenvalue weighted by Gasteiger charge is 2.09. The van der Waals surface area contributed by atoms with Crippen LogP contribution in [0.5, 0.6) is 0 Å². The van der Waals surface area contributed by atoms with E-state index in [4.69, 9.17) is 16.9 Å². The zero-order chi connectivity index (χ0) is 13.8. The van der Waals surface area contributed by atoms with E-state index in [0.717, 1.165) is 0 Å². The maximum atomic E-state index is 12.0. The van der Waals surface area contributed by atoms with Crippen LogP contribution in [0.25, 0.3) is 0 Å². The molecule has 0 bridgehead atoms. The van der Waals surface area contributed by atoms with Crippen LogP contribution in [0.2, 0.25) is 5.15 Å². The van der Waals surface area contributed by atoms with Crippen molar-refractivity contribution in [3.63, 3.8) is 0 Å². The molecule has 0 aliphatic rings. The van der Waals surface area contributed by atoms with E-state index in [1.165, 1.54) is 12.3 Å². The van der Waals surface area contributed by atoms with Gasteiger partial charge in [-0.15, -0.1) is 0 Å². The Labute approximate surface area is 123 Å². The molecule has 0 unspecified atom stereocenters. The van der Waals surface area contributed by atoms with E-state index in [0.29, 0.717) is 21.3 Å². The van der Waals surface area contributed by atoms with Gasteiger partial charge < -0.3 is 5.32 Å². The van der Waals surface area contributed by atoms with Crippen molar-refractivity contribution in [2.24, 2.45) is 0 Å². The first-order chi connectivity index (χ1) is 9.10. The third kappa shape index (κ3) is 3.31. The molecule has 19 heavy (non-hydrogen) atoms. The minimum absolute atomic E-state index is 0.256. The molecular weight excluding hydrogens is 330 g/mol. The first-order valence-electron chi connectivity index (χ1n) is 5.22. The SMILES string of the molecule is N#Cc1ccc(NC(=O)c2ccnc(Cl)c2)c(Br)c1.